The number of nitro benzene ring substituents is 1. The standard InChI is InChI=1S/C13H12N3O3S.BrH/c1-9(17)14-6-7-15-12(8-20-13(14)15)10-2-4-11(5-3-10)16(18)19;/h2-5,8H,6-7H2,1H3;1H/q+1;/p-1. The molecule has 0 bridgehead atoms. The minimum atomic E-state index is -0.410. The second kappa shape index (κ2) is 5.90. The summed E-state index contributed by atoms with van der Waals surface area (Å²) in [6.45, 7) is 2.99. The first-order valence-corrected chi connectivity index (χ1v) is 7.00. The number of rotatable bonds is 2. The van der Waals surface area contributed by atoms with Crippen molar-refractivity contribution in [3.8, 4) is 11.3 Å². The molecule has 0 spiro atoms. The van der Waals surface area contributed by atoms with E-state index in [1.165, 1.54) is 23.5 Å². The quantitative estimate of drug-likeness (QED) is 0.386. The highest BCUT2D eigenvalue weighted by Gasteiger charge is 2.35. The molecule has 1 aliphatic heterocycles. The molecule has 6 nitrogen and oxygen atoms in total. The number of nitro groups is 1. The number of non-ortho nitro benzene ring substituents is 1. The third-order valence-corrected chi connectivity index (χ3v) is 4.32. The zero-order chi connectivity index (χ0) is 14.3. The van der Waals surface area contributed by atoms with E-state index in [9.17, 15) is 14.9 Å². The molecule has 0 radical (unpaired) electrons. The van der Waals surface area contributed by atoms with Gasteiger partial charge in [-0.25, -0.2) is 9.36 Å². The average molecular weight is 370 g/mol. The van der Waals surface area contributed by atoms with Gasteiger partial charge in [0.25, 0.3) is 5.69 Å². The maximum Gasteiger partial charge on any atom is 0.344 e. The fraction of sp³-hybridized carbons (Fsp3) is 0.231. The number of anilines is 1. The van der Waals surface area contributed by atoms with E-state index in [4.69, 9.17) is 0 Å². The topological polar surface area (TPSA) is 67.3 Å². The molecule has 1 aliphatic rings. The largest absolute Gasteiger partial charge is 1.00 e. The molecule has 0 unspecified atom stereocenters. The lowest BCUT2D eigenvalue weighted by atomic mass is 10.1. The summed E-state index contributed by atoms with van der Waals surface area (Å²) in [6, 6.07) is 6.48. The van der Waals surface area contributed by atoms with Crippen LogP contribution in [-0.2, 0) is 11.3 Å². The number of halogens is 1. The summed E-state index contributed by atoms with van der Waals surface area (Å²) in [5, 5.41) is 13.6. The molecule has 21 heavy (non-hydrogen) atoms. The number of benzene rings is 1. The Morgan fingerprint density at radius 1 is 1.38 bits per heavy atom. The Morgan fingerprint density at radius 3 is 2.62 bits per heavy atom. The van der Waals surface area contributed by atoms with E-state index in [1.54, 1.807) is 24.0 Å². The van der Waals surface area contributed by atoms with Crippen molar-refractivity contribution in [1.29, 1.82) is 0 Å². The Bertz CT molecular complexity index is 699. The molecular formula is C13H12BrN3O3S. The number of hydrogen-bond acceptors (Lipinski definition) is 4. The fourth-order valence-corrected chi connectivity index (χ4v) is 3.47. The van der Waals surface area contributed by atoms with Gasteiger partial charge in [0, 0.05) is 30.0 Å². The second-order valence-electron chi connectivity index (χ2n) is 4.53. The molecule has 110 valence electrons. The van der Waals surface area contributed by atoms with E-state index in [2.05, 4.69) is 4.57 Å². The van der Waals surface area contributed by atoms with Gasteiger partial charge in [0.05, 0.1) is 4.92 Å². The number of carbonyl (C=O) groups is 1. The van der Waals surface area contributed by atoms with Crippen LogP contribution >= 0.6 is 11.3 Å². The van der Waals surface area contributed by atoms with Crippen molar-refractivity contribution in [1.82, 2.24) is 0 Å². The van der Waals surface area contributed by atoms with Crippen LogP contribution in [0, 0.1) is 10.1 Å². The molecule has 2 heterocycles. The van der Waals surface area contributed by atoms with Crippen LogP contribution in [0.15, 0.2) is 29.6 Å². The van der Waals surface area contributed by atoms with Gasteiger partial charge in [-0.05, 0) is 12.1 Å². The Morgan fingerprint density at radius 2 is 2.05 bits per heavy atom. The molecule has 0 N–H and O–H groups in total. The van der Waals surface area contributed by atoms with E-state index in [0.29, 0.717) is 6.54 Å². The third kappa shape index (κ3) is 2.68. The lowest BCUT2D eigenvalue weighted by Gasteiger charge is -2.00. The minimum absolute atomic E-state index is 0. The van der Waals surface area contributed by atoms with Gasteiger partial charge in [-0.15, -0.1) is 0 Å². The van der Waals surface area contributed by atoms with E-state index >= 15 is 0 Å². The van der Waals surface area contributed by atoms with Crippen molar-refractivity contribution in [2.45, 2.75) is 13.5 Å². The Balaban J connectivity index is 0.00000161. The highest BCUT2D eigenvalue weighted by molar-refractivity contribution is 7.13. The Hall–Kier alpha value is -1.80. The molecule has 1 amide bonds. The maximum atomic E-state index is 11.5. The molecule has 8 heteroatoms. The Labute approximate surface area is 135 Å². The summed E-state index contributed by atoms with van der Waals surface area (Å²) in [5.74, 6) is 0.0355. The van der Waals surface area contributed by atoms with Crippen LogP contribution in [0.4, 0.5) is 10.8 Å². The molecular weight excluding hydrogens is 358 g/mol. The van der Waals surface area contributed by atoms with Crippen molar-refractivity contribution in [2.24, 2.45) is 0 Å². The van der Waals surface area contributed by atoms with E-state index in [1.807, 2.05) is 5.38 Å². The molecule has 3 rings (SSSR count). The number of thiazole rings is 1. The number of hydrogen-bond donors (Lipinski definition) is 0. The second-order valence-corrected chi connectivity index (χ2v) is 5.37. The van der Waals surface area contributed by atoms with Gasteiger partial charge in [0.1, 0.15) is 18.8 Å². The van der Waals surface area contributed by atoms with Gasteiger partial charge in [-0.1, -0.05) is 11.3 Å². The summed E-state index contributed by atoms with van der Waals surface area (Å²) >= 11 is 1.51. The molecule has 1 aromatic carbocycles. The minimum Gasteiger partial charge on any atom is -1.00 e. The van der Waals surface area contributed by atoms with Crippen LogP contribution in [0.1, 0.15) is 6.92 Å². The van der Waals surface area contributed by atoms with Crippen LogP contribution < -0.4 is 26.4 Å². The van der Waals surface area contributed by atoms with Crippen LogP contribution in [0.2, 0.25) is 0 Å². The van der Waals surface area contributed by atoms with Gasteiger partial charge in [0.15, 0.2) is 0 Å². The number of nitrogens with zero attached hydrogens (tertiary/aromatic N) is 3. The smallest absolute Gasteiger partial charge is 0.344 e. The van der Waals surface area contributed by atoms with Crippen LogP contribution in [0.5, 0.6) is 0 Å². The summed E-state index contributed by atoms with van der Waals surface area (Å²) in [7, 11) is 0. The van der Waals surface area contributed by atoms with Gasteiger partial charge in [0.2, 0.25) is 0 Å². The summed E-state index contributed by atoms with van der Waals surface area (Å²) in [6.07, 6.45) is 0. The number of amides is 1. The first-order valence-electron chi connectivity index (χ1n) is 6.12. The van der Waals surface area contributed by atoms with Crippen LogP contribution in [-0.4, -0.2) is 17.4 Å². The van der Waals surface area contributed by atoms with E-state index in [0.717, 1.165) is 22.9 Å². The van der Waals surface area contributed by atoms with Crippen molar-refractivity contribution in [3.63, 3.8) is 0 Å². The molecule has 0 aliphatic carbocycles. The number of carbonyl (C=O) groups excluding carboxylic acids is 1. The lowest BCUT2D eigenvalue weighted by Crippen LogP contribution is -3.00. The number of fused-ring (bicyclic) bond motifs is 1. The highest BCUT2D eigenvalue weighted by Crippen LogP contribution is 2.29. The van der Waals surface area contributed by atoms with Crippen molar-refractivity contribution < 1.29 is 31.3 Å². The molecule has 0 atom stereocenters. The maximum absolute atomic E-state index is 11.5. The predicted molar refractivity (Wildman–Crippen MR) is 74.6 cm³/mol. The average Bonchev–Trinajstić information content (AvgIpc) is 2.99. The molecule has 0 saturated heterocycles. The molecule has 2 aromatic rings. The zero-order valence-electron chi connectivity index (χ0n) is 11.2. The first-order chi connectivity index (χ1) is 9.58. The van der Waals surface area contributed by atoms with Crippen LogP contribution in [0.3, 0.4) is 0 Å². The predicted octanol–water partition coefficient (Wildman–Crippen LogP) is -1.02. The fourth-order valence-electron chi connectivity index (χ4n) is 2.33. The van der Waals surface area contributed by atoms with Crippen LogP contribution in [0.25, 0.3) is 11.3 Å². The zero-order valence-corrected chi connectivity index (χ0v) is 13.6. The normalized spacial score (nSPS) is 12.7. The molecule has 0 saturated carbocycles. The van der Waals surface area contributed by atoms with Crippen molar-refractivity contribution in [2.75, 3.05) is 11.4 Å². The highest BCUT2D eigenvalue weighted by atomic mass is 79.9. The SMILES string of the molecule is CC(=O)N1CC[n+]2c(-c3ccc([N+](=O)[O-])cc3)csc21.[Br-]. The van der Waals surface area contributed by atoms with Crippen molar-refractivity contribution in [3.05, 3.63) is 39.8 Å². The third-order valence-electron chi connectivity index (χ3n) is 3.33. The van der Waals surface area contributed by atoms with E-state index < -0.39 is 4.92 Å². The van der Waals surface area contributed by atoms with Gasteiger partial charge < -0.3 is 17.0 Å². The lowest BCUT2D eigenvalue weighted by molar-refractivity contribution is -0.655. The summed E-state index contributed by atoms with van der Waals surface area (Å²) < 4.78 is 2.08. The number of aromatic nitrogens is 1. The summed E-state index contributed by atoms with van der Waals surface area (Å²) in [5.41, 5.74) is 1.99. The monoisotopic (exact) mass is 369 g/mol. The summed E-state index contributed by atoms with van der Waals surface area (Å²) in [4.78, 5) is 23.5. The molecule has 0 fully saturated rings. The van der Waals surface area contributed by atoms with Gasteiger partial charge in [-0.2, -0.15) is 4.90 Å². The van der Waals surface area contributed by atoms with Gasteiger partial charge in [-0.3, -0.25) is 10.1 Å². The van der Waals surface area contributed by atoms with Crippen molar-refractivity contribution >= 4 is 28.1 Å². The molecule has 1 aromatic heterocycles. The van der Waals surface area contributed by atoms with E-state index in [-0.39, 0.29) is 28.6 Å². The van der Waals surface area contributed by atoms with Gasteiger partial charge >= 0.3 is 11.0 Å². The first kappa shape index (κ1) is 15.6. The Kier molecular flexibility index (Phi) is 4.38.